The van der Waals surface area contributed by atoms with Gasteiger partial charge in [-0.1, -0.05) is 37.5 Å². The summed E-state index contributed by atoms with van der Waals surface area (Å²) in [5.74, 6) is 0.332. The van der Waals surface area contributed by atoms with Gasteiger partial charge in [0.25, 0.3) is 0 Å². The van der Waals surface area contributed by atoms with Crippen molar-refractivity contribution in [2.24, 2.45) is 0 Å². The molecule has 1 aliphatic carbocycles. The van der Waals surface area contributed by atoms with E-state index >= 15 is 0 Å². The maximum absolute atomic E-state index is 12.3. The number of hydrogen-bond acceptors (Lipinski definition) is 2. The van der Waals surface area contributed by atoms with E-state index in [9.17, 15) is 8.42 Å². The number of alkyl halides is 1. The molecule has 0 heterocycles. The monoisotopic (exact) mass is 287 g/mol. The lowest BCUT2D eigenvalue weighted by molar-refractivity contribution is 0.298. The summed E-state index contributed by atoms with van der Waals surface area (Å²) in [5, 5.41) is 0. The molecule has 0 radical (unpaired) electrons. The normalized spacial score (nSPS) is 19.6. The lowest BCUT2D eigenvalue weighted by Gasteiger charge is -2.36. The van der Waals surface area contributed by atoms with Crippen LogP contribution in [0.15, 0.2) is 35.2 Å². The van der Waals surface area contributed by atoms with Crippen LogP contribution >= 0.6 is 11.6 Å². The van der Waals surface area contributed by atoms with Crippen LogP contribution in [0.25, 0.3) is 0 Å². The minimum absolute atomic E-state index is 0.306. The van der Waals surface area contributed by atoms with Crippen molar-refractivity contribution >= 4 is 21.6 Å². The summed E-state index contributed by atoms with van der Waals surface area (Å²) in [5.41, 5.74) is -0.464. The standard InChI is InChI=1S/C13H18ClNO2S/c14-11-13(9-5-2-6-10-13)15-18(16,17)12-7-3-1-4-8-12/h1,3-4,7-8,15H,2,5-6,9-11H2. The van der Waals surface area contributed by atoms with Crippen molar-refractivity contribution in [1.29, 1.82) is 0 Å². The second-order valence-electron chi connectivity index (χ2n) is 4.89. The Morgan fingerprint density at radius 3 is 2.28 bits per heavy atom. The summed E-state index contributed by atoms with van der Waals surface area (Å²) < 4.78 is 27.4. The Hall–Kier alpha value is -0.580. The molecule has 0 amide bonds. The van der Waals surface area contributed by atoms with E-state index in [-0.39, 0.29) is 0 Å². The highest BCUT2D eigenvalue weighted by Crippen LogP contribution is 2.30. The van der Waals surface area contributed by atoms with E-state index in [2.05, 4.69) is 4.72 Å². The second kappa shape index (κ2) is 5.59. The van der Waals surface area contributed by atoms with Gasteiger partial charge in [-0.25, -0.2) is 13.1 Å². The van der Waals surface area contributed by atoms with Gasteiger partial charge in [0.15, 0.2) is 0 Å². The molecule has 1 N–H and O–H groups in total. The number of nitrogens with one attached hydrogen (secondary N) is 1. The minimum Gasteiger partial charge on any atom is -0.207 e. The molecule has 1 fully saturated rings. The van der Waals surface area contributed by atoms with Crippen LogP contribution in [0.1, 0.15) is 32.1 Å². The second-order valence-corrected chi connectivity index (χ2v) is 6.84. The van der Waals surface area contributed by atoms with Crippen molar-refractivity contribution in [3.05, 3.63) is 30.3 Å². The van der Waals surface area contributed by atoms with Crippen molar-refractivity contribution in [1.82, 2.24) is 4.72 Å². The maximum Gasteiger partial charge on any atom is 0.241 e. The van der Waals surface area contributed by atoms with E-state index in [0.717, 1.165) is 32.1 Å². The summed E-state index contributed by atoms with van der Waals surface area (Å²) in [6.45, 7) is 0. The largest absolute Gasteiger partial charge is 0.241 e. The fourth-order valence-electron chi connectivity index (χ4n) is 2.44. The Labute approximate surface area is 114 Å². The van der Waals surface area contributed by atoms with Gasteiger partial charge in [0.1, 0.15) is 0 Å². The van der Waals surface area contributed by atoms with Gasteiger partial charge in [0, 0.05) is 11.4 Å². The number of halogens is 1. The Balaban J connectivity index is 2.21. The van der Waals surface area contributed by atoms with E-state index in [1.807, 2.05) is 0 Å². The lowest BCUT2D eigenvalue weighted by atomic mass is 9.84. The first-order valence-corrected chi connectivity index (χ1v) is 8.25. The molecular weight excluding hydrogens is 270 g/mol. The zero-order valence-corrected chi connectivity index (χ0v) is 11.8. The van der Waals surface area contributed by atoms with Crippen molar-refractivity contribution in [3.63, 3.8) is 0 Å². The van der Waals surface area contributed by atoms with Crippen molar-refractivity contribution in [2.45, 2.75) is 42.5 Å². The molecule has 2 rings (SSSR count). The molecule has 0 spiro atoms. The molecule has 5 heteroatoms. The van der Waals surface area contributed by atoms with Crippen LogP contribution in [0.5, 0.6) is 0 Å². The van der Waals surface area contributed by atoms with Crippen molar-refractivity contribution in [3.8, 4) is 0 Å². The summed E-state index contributed by atoms with van der Waals surface area (Å²) in [7, 11) is -3.46. The quantitative estimate of drug-likeness (QED) is 0.866. The Kier molecular flexibility index (Phi) is 4.30. The van der Waals surface area contributed by atoms with E-state index in [0.29, 0.717) is 10.8 Å². The molecule has 3 nitrogen and oxygen atoms in total. The fraction of sp³-hybridized carbons (Fsp3) is 0.538. The molecule has 0 saturated heterocycles. The van der Waals surface area contributed by atoms with Gasteiger partial charge in [-0.05, 0) is 25.0 Å². The summed E-state index contributed by atoms with van der Waals surface area (Å²) >= 11 is 6.00. The van der Waals surface area contributed by atoms with Crippen LogP contribution in [-0.2, 0) is 10.0 Å². The third kappa shape index (κ3) is 3.05. The van der Waals surface area contributed by atoms with E-state index < -0.39 is 15.6 Å². The molecule has 100 valence electrons. The molecule has 0 unspecified atom stereocenters. The molecule has 0 aliphatic heterocycles. The van der Waals surface area contributed by atoms with Crippen LogP contribution in [-0.4, -0.2) is 19.8 Å². The van der Waals surface area contributed by atoms with Gasteiger partial charge in [-0.2, -0.15) is 0 Å². The van der Waals surface area contributed by atoms with Gasteiger partial charge in [-0.3, -0.25) is 0 Å². The number of rotatable bonds is 4. The van der Waals surface area contributed by atoms with E-state index in [1.54, 1.807) is 30.3 Å². The topological polar surface area (TPSA) is 46.2 Å². The van der Waals surface area contributed by atoms with Gasteiger partial charge in [-0.15, -0.1) is 11.6 Å². The predicted octanol–water partition coefficient (Wildman–Crippen LogP) is 2.91. The molecule has 1 aliphatic rings. The molecular formula is C13H18ClNO2S. The first-order valence-electron chi connectivity index (χ1n) is 6.23. The molecule has 1 saturated carbocycles. The molecule has 0 atom stereocenters. The molecule has 18 heavy (non-hydrogen) atoms. The smallest absolute Gasteiger partial charge is 0.207 e. The molecule has 1 aromatic rings. The van der Waals surface area contributed by atoms with Crippen LogP contribution in [0, 0.1) is 0 Å². The first kappa shape index (κ1) is 13.8. The zero-order chi connectivity index (χ0) is 13.1. The number of hydrogen-bond donors (Lipinski definition) is 1. The zero-order valence-electron chi connectivity index (χ0n) is 10.2. The first-order chi connectivity index (χ1) is 8.58. The average molecular weight is 288 g/mol. The summed E-state index contributed by atoms with van der Waals surface area (Å²) in [4.78, 5) is 0.306. The maximum atomic E-state index is 12.3. The third-order valence-electron chi connectivity index (χ3n) is 3.47. The molecule has 0 aromatic heterocycles. The van der Waals surface area contributed by atoms with Crippen LogP contribution in [0.2, 0.25) is 0 Å². The Bertz CT molecular complexity index is 481. The van der Waals surface area contributed by atoms with Crippen molar-refractivity contribution in [2.75, 3.05) is 5.88 Å². The van der Waals surface area contributed by atoms with Crippen LogP contribution in [0.4, 0.5) is 0 Å². The predicted molar refractivity (Wildman–Crippen MR) is 73.3 cm³/mol. The lowest BCUT2D eigenvalue weighted by Crippen LogP contribution is -2.51. The van der Waals surface area contributed by atoms with Crippen LogP contribution < -0.4 is 4.72 Å². The highest BCUT2D eigenvalue weighted by atomic mass is 35.5. The highest BCUT2D eigenvalue weighted by Gasteiger charge is 2.35. The number of benzene rings is 1. The highest BCUT2D eigenvalue weighted by molar-refractivity contribution is 7.89. The van der Waals surface area contributed by atoms with Gasteiger partial charge >= 0.3 is 0 Å². The molecule has 0 bridgehead atoms. The van der Waals surface area contributed by atoms with E-state index in [1.165, 1.54) is 0 Å². The third-order valence-corrected chi connectivity index (χ3v) is 5.58. The van der Waals surface area contributed by atoms with Gasteiger partial charge in [0.2, 0.25) is 10.0 Å². The van der Waals surface area contributed by atoms with E-state index in [4.69, 9.17) is 11.6 Å². The van der Waals surface area contributed by atoms with Gasteiger partial charge in [0.05, 0.1) is 4.90 Å². The average Bonchev–Trinajstić information content (AvgIpc) is 2.40. The fourth-order valence-corrected chi connectivity index (χ4v) is 4.33. The minimum atomic E-state index is -3.46. The Morgan fingerprint density at radius 1 is 1.11 bits per heavy atom. The van der Waals surface area contributed by atoms with Crippen LogP contribution in [0.3, 0.4) is 0 Å². The summed E-state index contributed by atoms with van der Waals surface area (Å²) in [6.07, 6.45) is 4.87. The molecule has 1 aromatic carbocycles. The SMILES string of the molecule is O=S(=O)(NC1(CCl)CCCCC1)c1ccccc1. The van der Waals surface area contributed by atoms with Crippen molar-refractivity contribution < 1.29 is 8.42 Å². The Morgan fingerprint density at radius 2 is 1.72 bits per heavy atom. The van der Waals surface area contributed by atoms with Gasteiger partial charge < -0.3 is 0 Å². The summed E-state index contributed by atoms with van der Waals surface area (Å²) in [6, 6.07) is 8.46. The number of sulfonamides is 1.